The average Bonchev–Trinajstić information content (AvgIpc) is 2.51. The Bertz CT molecular complexity index is 524. The van der Waals surface area contributed by atoms with E-state index in [1.165, 1.54) is 16.7 Å². The molecule has 0 radical (unpaired) electrons. The van der Waals surface area contributed by atoms with Crippen LogP contribution >= 0.6 is 0 Å². The Morgan fingerprint density at radius 1 is 0.400 bits per heavy atom. The molecule has 20 heavy (non-hydrogen) atoms. The molecule has 3 aromatic rings. The van der Waals surface area contributed by atoms with Crippen molar-refractivity contribution in [1.29, 1.82) is 0 Å². The van der Waals surface area contributed by atoms with E-state index in [0.717, 1.165) is 0 Å². The molecule has 0 saturated heterocycles. The van der Waals surface area contributed by atoms with Crippen LogP contribution in [0, 0.1) is 0 Å². The Morgan fingerprint density at radius 3 is 0.900 bits per heavy atom. The predicted octanol–water partition coefficient (Wildman–Crippen LogP) is 1.87. The second-order valence-corrected chi connectivity index (χ2v) is 4.67. The summed E-state index contributed by atoms with van der Waals surface area (Å²) in [6.07, 6.45) is 0. The fourth-order valence-corrected chi connectivity index (χ4v) is 2.51. The van der Waals surface area contributed by atoms with Crippen LogP contribution in [0.25, 0.3) is 0 Å². The van der Waals surface area contributed by atoms with E-state index < -0.39 is 0 Å². The third-order valence-electron chi connectivity index (χ3n) is 3.40. The number of hydrogen-bond acceptors (Lipinski definition) is 0. The molecule has 0 unspecified atom stereocenters. The molecular formula is C19H16Li+. The minimum absolute atomic E-state index is 0. The van der Waals surface area contributed by atoms with Gasteiger partial charge >= 0.3 is 18.9 Å². The fraction of sp³-hybridized carbons (Fsp3) is 0.0526. The van der Waals surface area contributed by atoms with Crippen molar-refractivity contribution in [2.24, 2.45) is 0 Å². The smallest absolute Gasteiger partial charge is 0.0622 e. The van der Waals surface area contributed by atoms with Gasteiger partial charge in [0.05, 0.1) is 0 Å². The molecule has 1 heteroatoms. The third-order valence-corrected chi connectivity index (χ3v) is 3.40. The molecule has 3 rings (SSSR count). The second-order valence-electron chi connectivity index (χ2n) is 4.67. The van der Waals surface area contributed by atoms with E-state index in [4.69, 9.17) is 0 Å². The first-order chi connectivity index (χ1) is 9.45. The van der Waals surface area contributed by atoms with Gasteiger partial charge in [-0.1, -0.05) is 91.0 Å². The molecule has 0 aliphatic heterocycles. The van der Waals surface area contributed by atoms with Gasteiger partial charge in [0.15, 0.2) is 0 Å². The van der Waals surface area contributed by atoms with Crippen molar-refractivity contribution in [3.63, 3.8) is 0 Å². The Morgan fingerprint density at radius 2 is 0.650 bits per heavy atom. The first kappa shape index (κ1) is 14.7. The van der Waals surface area contributed by atoms with Crippen LogP contribution in [0.3, 0.4) is 0 Å². The molecule has 0 spiro atoms. The molecule has 0 aliphatic rings. The van der Waals surface area contributed by atoms with Crippen molar-refractivity contribution >= 4 is 0 Å². The molecule has 92 valence electrons. The summed E-state index contributed by atoms with van der Waals surface area (Å²) in [5, 5.41) is 0. The number of rotatable bonds is 3. The summed E-state index contributed by atoms with van der Waals surface area (Å²) in [6, 6.07) is 32.0. The predicted molar refractivity (Wildman–Crippen MR) is 80.3 cm³/mol. The van der Waals surface area contributed by atoms with E-state index in [2.05, 4.69) is 91.0 Å². The first-order valence-electron chi connectivity index (χ1n) is 6.60. The maximum Gasteiger partial charge on any atom is 1.00 e. The van der Waals surface area contributed by atoms with E-state index in [1.54, 1.807) is 0 Å². The van der Waals surface area contributed by atoms with Crippen LogP contribution in [-0.2, 0) is 0 Å². The van der Waals surface area contributed by atoms with Gasteiger partial charge in [-0.15, -0.1) is 0 Å². The molecule has 0 N–H and O–H groups in total. The van der Waals surface area contributed by atoms with Gasteiger partial charge in [0.1, 0.15) is 0 Å². The fourth-order valence-electron chi connectivity index (χ4n) is 2.51. The van der Waals surface area contributed by atoms with E-state index in [-0.39, 0.29) is 18.9 Å². The van der Waals surface area contributed by atoms with Crippen molar-refractivity contribution in [1.82, 2.24) is 0 Å². The Labute approximate surface area is 132 Å². The van der Waals surface area contributed by atoms with Crippen LogP contribution in [0.4, 0.5) is 0 Å². The third kappa shape index (κ3) is 3.22. The van der Waals surface area contributed by atoms with E-state index in [0.29, 0.717) is 5.92 Å². The summed E-state index contributed by atoms with van der Waals surface area (Å²) in [5.74, 6) is 0.309. The van der Waals surface area contributed by atoms with E-state index in [9.17, 15) is 0 Å². The topological polar surface area (TPSA) is 0 Å². The quantitative estimate of drug-likeness (QED) is 0.492. The molecule has 0 heterocycles. The maximum absolute atomic E-state index is 2.20. The molecule has 0 aliphatic carbocycles. The molecule has 0 amide bonds. The van der Waals surface area contributed by atoms with Gasteiger partial charge in [-0.3, -0.25) is 0 Å². The van der Waals surface area contributed by atoms with Crippen LogP contribution in [0.15, 0.2) is 91.0 Å². The van der Waals surface area contributed by atoms with Gasteiger partial charge in [-0.05, 0) is 16.7 Å². The molecule has 0 aromatic heterocycles. The van der Waals surface area contributed by atoms with Crippen molar-refractivity contribution in [3.05, 3.63) is 108 Å². The van der Waals surface area contributed by atoms with Crippen LogP contribution < -0.4 is 18.9 Å². The van der Waals surface area contributed by atoms with Crippen molar-refractivity contribution < 1.29 is 18.9 Å². The molecule has 0 bridgehead atoms. The van der Waals surface area contributed by atoms with Gasteiger partial charge in [-0.25, -0.2) is 0 Å². The number of hydrogen-bond donors (Lipinski definition) is 0. The monoisotopic (exact) mass is 251 g/mol. The zero-order valence-corrected chi connectivity index (χ0v) is 11.7. The molecule has 0 saturated carbocycles. The largest absolute Gasteiger partial charge is 1.00 e. The second kappa shape index (κ2) is 7.15. The molecule has 0 fully saturated rings. The summed E-state index contributed by atoms with van der Waals surface area (Å²) < 4.78 is 0. The Hall–Kier alpha value is -1.74. The van der Waals surface area contributed by atoms with Crippen LogP contribution in [0.2, 0.25) is 0 Å². The maximum atomic E-state index is 2.20. The minimum atomic E-state index is 0. The van der Waals surface area contributed by atoms with E-state index >= 15 is 0 Å². The van der Waals surface area contributed by atoms with Gasteiger partial charge in [-0.2, -0.15) is 0 Å². The Kier molecular flexibility index (Phi) is 5.24. The number of benzene rings is 3. The van der Waals surface area contributed by atoms with Gasteiger partial charge in [0, 0.05) is 5.92 Å². The molecular weight excluding hydrogens is 235 g/mol. The van der Waals surface area contributed by atoms with Crippen molar-refractivity contribution in [3.8, 4) is 0 Å². The summed E-state index contributed by atoms with van der Waals surface area (Å²) in [5.41, 5.74) is 4.00. The summed E-state index contributed by atoms with van der Waals surface area (Å²) in [6.45, 7) is 0. The Balaban J connectivity index is 0.00000147. The zero-order valence-electron chi connectivity index (χ0n) is 11.7. The summed E-state index contributed by atoms with van der Waals surface area (Å²) >= 11 is 0. The van der Waals surface area contributed by atoms with Crippen LogP contribution in [0.5, 0.6) is 0 Å². The van der Waals surface area contributed by atoms with Crippen molar-refractivity contribution in [2.75, 3.05) is 0 Å². The first-order valence-corrected chi connectivity index (χ1v) is 6.60. The van der Waals surface area contributed by atoms with Gasteiger partial charge < -0.3 is 0 Å². The summed E-state index contributed by atoms with van der Waals surface area (Å²) in [4.78, 5) is 0. The summed E-state index contributed by atoms with van der Waals surface area (Å²) in [7, 11) is 0. The van der Waals surface area contributed by atoms with E-state index in [1.807, 2.05) is 0 Å². The average molecular weight is 251 g/mol. The molecule has 0 atom stereocenters. The minimum Gasteiger partial charge on any atom is -0.0622 e. The molecule has 3 aromatic carbocycles. The molecule has 0 nitrogen and oxygen atoms in total. The van der Waals surface area contributed by atoms with Gasteiger partial charge in [0.25, 0.3) is 0 Å². The normalized spacial score (nSPS) is 10.1. The van der Waals surface area contributed by atoms with Crippen molar-refractivity contribution in [2.45, 2.75) is 5.92 Å². The zero-order chi connectivity index (χ0) is 12.9. The standard InChI is InChI=1S/C19H16.Li/c1-4-10-16(11-5-1)19(17-12-6-2-7-13-17)18-14-8-3-9-15-18;/h1-15,19H;/q;+1. The van der Waals surface area contributed by atoms with Crippen LogP contribution in [-0.4, -0.2) is 0 Å². The SMILES string of the molecule is [Li+].c1ccc(C(c2ccccc2)c2ccccc2)cc1. The van der Waals surface area contributed by atoms with Gasteiger partial charge in [0.2, 0.25) is 0 Å². The van der Waals surface area contributed by atoms with Crippen LogP contribution in [0.1, 0.15) is 22.6 Å².